The lowest BCUT2D eigenvalue weighted by Gasteiger charge is -2.29. The summed E-state index contributed by atoms with van der Waals surface area (Å²) in [5.74, 6) is 0.754. The molecule has 0 spiro atoms. The highest BCUT2D eigenvalue weighted by Gasteiger charge is 2.24. The molecule has 0 unspecified atom stereocenters. The van der Waals surface area contributed by atoms with E-state index in [4.69, 9.17) is 14.5 Å². The third kappa shape index (κ3) is 5.82. The molecule has 0 aliphatic carbocycles. The third-order valence-electron chi connectivity index (χ3n) is 4.51. The second-order valence-corrected chi connectivity index (χ2v) is 8.94. The first-order chi connectivity index (χ1) is 13.7. The number of hydrogen-bond donors (Lipinski definition) is 0. The van der Waals surface area contributed by atoms with Crippen LogP contribution >= 0.6 is 15.9 Å². The summed E-state index contributed by atoms with van der Waals surface area (Å²) in [6.45, 7) is 9.21. The number of rotatable bonds is 4. The number of benzene rings is 1. The summed E-state index contributed by atoms with van der Waals surface area (Å²) in [6.07, 6.45) is 2.51. The number of amides is 1. The van der Waals surface area contributed by atoms with Gasteiger partial charge in [-0.2, -0.15) is 0 Å². The van der Waals surface area contributed by atoms with Crippen molar-refractivity contribution in [2.75, 3.05) is 13.1 Å². The summed E-state index contributed by atoms with van der Waals surface area (Å²) in [6, 6.07) is 12.0. The predicted octanol–water partition coefficient (Wildman–Crippen LogP) is 5.76. The second-order valence-electron chi connectivity index (χ2n) is 8.08. The summed E-state index contributed by atoms with van der Waals surface area (Å²) >= 11 is 3.63. The molecule has 0 N–H and O–H groups in total. The van der Waals surface area contributed by atoms with Crippen LogP contribution in [0.15, 0.2) is 46.9 Å². The number of ether oxygens (including phenoxy) is 2. The van der Waals surface area contributed by atoms with Crippen molar-refractivity contribution >= 4 is 27.6 Å². The average molecular weight is 459 g/mol. The van der Waals surface area contributed by atoms with Gasteiger partial charge in [0, 0.05) is 13.1 Å². The molecule has 0 atom stereocenters. The fourth-order valence-electron chi connectivity index (χ4n) is 3.08. The summed E-state index contributed by atoms with van der Waals surface area (Å²) in [5.41, 5.74) is 3.49. The minimum atomic E-state index is -0.486. The quantitative estimate of drug-likeness (QED) is 0.584. The number of pyridine rings is 1. The van der Waals surface area contributed by atoms with Gasteiger partial charge in [0.2, 0.25) is 0 Å². The zero-order valence-corrected chi connectivity index (χ0v) is 19.0. The first-order valence-electron chi connectivity index (χ1n) is 9.74. The fourth-order valence-corrected chi connectivity index (χ4v) is 3.70. The predicted molar refractivity (Wildman–Crippen MR) is 118 cm³/mol. The number of carbonyl (C=O) groups excluding carboxylic acids is 1. The number of aromatic nitrogens is 1. The molecule has 0 bridgehead atoms. The van der Waals surface area contributed by atoms with E-state index >= 15 is 0 Å². The van der Waals surface area contributed by atoms with E-state index in [1.807, 2.05) is 70.2 Å². The molecule has 3 rings (SSSR count). The van der Waals surface area contributed by atoms with Crippen molar-refractivity contribution in [1.29, 1.82) is 0 Å². The third-order valence-corrected chi connectivity index (χ3v) is 5.10. The molecule has 5 nitrogen and oxygen atoms in total. The zero-order chi connectivity index (χ0) is 21.0. The Labute approximate surface area is 180 Å². The SMILES string of the molecule is Cc1nc(C2=CCN(C(=O)OC(C)(C)C)CC2)cc(Br)c1OCc1ccccc1. The molecule has 0 radical (unpaired) electrons. The lowest BCUT2D eigenvalue weighted by Crippen LogP contribution is -2.39. The Kier molecular flexibility index (Phi) is 6.63. The van der Waals surface area contributed by atoms with E-state index in [0.29, 0.717) is 19.7 Å². The van der Waals surface area contributed by atoms with Gasteiger partial charge in [-0.3, -0.25) is 0 Å². The highest BCUT2D eigenvalue weighted by atomic mass is 79.9. The molecule has 2 aromatic rings. The van der Waals surface area contributed by atoms with E-state index in [1.54, 1.807) is 4.90 Å². The van der Waals surface area contributed by atoms with Crippen molar-refractivity contribution in [3.05, 3.63) is 63.9 Å². The summed E-state index contributed by atoms with van der Waals surface area (Å²) in [4.78, 5) is 18.7. The molecule has 1 aromatic heterocycles. The Morgan fingerprint density at radius 3 is 2.55 bits per heavy atom. The second kappa shape index (κ2) is 8.99. The molecule has 2 heterocycles. The van der Waals surface area contributed by atoms with Crippen molar-refractivity contribution in [3.63, 3.8) is 0 Å². The topological polar surface area (TPSA) is 51.7 Å². The number of halogens is 1. The zero-order valence-electron chi connectivity index (χ0n) is 17.4. The number of aryl methyl sites for hydroxylation is 1. The van der Waals surface area contributed by atoms with Crippen LogP contribution in [0, 0.1) is 6.92 Å². The van der Waals surface area contributed by atoms with Crippen molar-refractivity contribution in [2.24, 2.45) is 0 Å². The Balaban J connectivity index is 1.68. The van der Waals surface area contributed by atoms with Crippen LogP contribution in [0.25, 0.3) is 5.57 Å². The molecular weight excluding hydrogens is 432 g/mol. The Hall–Kier alpha value is -2.34. The maximum Gasteiger partial charge on any atom is 0.410 e. The van der Waals surface area contributed by atoms with Crippen LogP contribution in [0.2, 0.25) is 0 Å². The van der Waals surface area contributed by atoms with Gasteiger partial charge in [-0.25, -0.2) is 9.78 Å². The van der Waals surface area contributed by atoms with Crippen LogP contribution in [-0.4, -0.2) is 34.7 Å². The molecule has 1 aliphatic rings. The number of nitrogens with zero attached hydrogens (tertiary/aromatic N) is 2. The molecule has 29 heavy (non-hydrogen) atoms. The highest BCUT2D eigenvalue weighted by Crippen LogP contribution is 2.32. The summed E-state index contributed by atoms with van der Waals surface area (Å²) in [5, 5.41) is 0. The van der Waals surface area contributed by atoms with Crippen molar-refractivity contribution in [3.8, 4) is 5.75 Å². The lowest BCUT2D eigenvalue weighted by molar-refractivity contribution is 0.0270. The molecular formula is C23H27BrN2O3. The van der Waals surface area contributed by atoms with Crippen LogP contribution in [0.3, 0.4) is 0 Å². The van der Waals surface area contributed by atoms with Crippen LogP contribution < -0.4 is 4.74 Å². The lowest BCUT2D eigenvalue weighted by atomic mass is 10.0. The van der Waals surface area contributed by atoms with Crippen LogP contribution in [0.4, 0.5) is 4.79 Å². The number of carbonyl (C=O) groups is 1. The fraction of sp³-hybridized carbons (Fsp3) is 0.391. The average Bonchev–Trinajstić information content (AvgIpc) is 2.67. The van der Waals surface area contributed by atoms with Gasteiger partial charge in [-0.15, -0.1) is 0 Å². The van der Waals surface area contributed by atoms with E-state index in [0.717, 1.165) is 39.2 Å². The van der Waals surface area contributed by atoms with Crippen molar-refractivity contribution < 1.29 is 14.3 Å². The maximum atomic E-state index is 12.2. The molecule has 154 valence electrons. The van der Waals surface area contributed by atoms with Gasteiger partial charge >= 0.3 is 6.09 Å². The summed E-state index contributed by atoms with van der Waals surface area (Å²) < 4.78 is 12.3. The molecule has 0 saturated carbocycles. The first kappa shape index (κ1) is 21.4. The molecule has 1 aliphatic heterocycles. The highest BCUT2D eigenvalue weighted by molar-refractivity contribution is 9.10. The van der Waals surface area contributed by atoms with E-state index in [1.165, 1.54) is 0 Å². The Morgan fingerprint density at radius 2 is 1.97 bits per heavy atom. The van der Waals surface area contributed by atoms with E-state index in [-0.39, 0.29) is 6.09 Å². The van der Waals surface area contributed by atoms with Gasteiger partial charge in [0.1, 0.15) is 12.2 Å². The van der Waals surface area contributed by atoms with Crippen molar-refractivity contribution in [2.45, 2.75) is 46.3 Å². The normalized spacial score (nSPS) is 14.4. The van der Waals surface area contributed by atoms with Gasteiger partial charge in [-0.05, 0) is 67.2 Å². The van der Waals surface area contributed by atoms with Crippen LogP contribution in [0.5, 0.6) is 5.75 Å². The van der Waals surface area contributed by atoms with Gasteiger partial charge in [0.05, 0.1) is 15.9 Å². The number of hydrogen-bond acceptors (Lipinski definition) is 4. The molecule has 6 heteroatoms. The Bertz CT molecular complexity index is 881. The van der Waals surface area contributed by atoms with Crippen molar-refractivity contribution in [1.82, 2.24) is 9.88 Å². The first-order valence-corrected chi connectivity index (χ1v) is 10.5. The molecule has 0 fully saturated rings. The largest absolute Gasteiger partial charge is 0.486 e. The minimum Gasteiger partial charge on any atom is -0.486 e. The standard InChI is InChI=1S/C23H27BrN2O3/c1-16-21(28-15-17-8-6-5-7-9-17)19(24)14-20(25-16)18-10-12-26(13-11-18)22(27)29-23(2,3)4/h5-10,14H,11-13,15H2,1-4H3. The van der Waals surface area contributed by atoms with E-state index < -0.39 is 5.60 Å². The Morgan fingerprint density at radius 1 is 1.24 bits per heavy atom. The van der Waals surface area contributed by atoms with Gasteiger partial charge in [0.15, 0.2) is 5.75 Å². The molecule has 1 aromatic carbocycles. The van der Waals surface area contributed by atoms with Gasteiger partial charge in [0.25, 0.3) is 0 Å². The van der Waals surface area contributed by atoms with Gasteiger partial charge in [-0.1, -0.05) is 36.4 Å². The van der Waals surface area contributed by atoms with Crippen LogP contribution in [0.1, 0.15) is 44.1 Å². The maximum absolute atomic E-state index is 12.2. The summed E-state index contributed by atoms with van der Waals surface area (Å²) in [7, 11) is 0. The van der Waals surface area contributed by atoms with E-state index in [2.05, 4.69) is 15.9 Å². The minimum absolute atomic E-state index is 0.275. The van der Waals surface area contributed by atoms with Crippen LogP contribution in [-0.2, 0) is 11.3 Å². The smallest absolute Gasteiger partial charge is 0.410 e. The van der Waals surface area contributed by atoms with E-state index in [9.17, 15) is 4.79 Å². The molecule has 0 saturated heterocycles. The molecule has 1 amide bonds. The van der Waals surface area contributed by atoms with Gasteiger partial charge < -0.3 is 14.4 Å². The monoisotopic (exact) mass is 458 g/mol.